The van der Waals surface area contributed by atoms with Gasteiger partial charge in [0.25, 0.3) is 0 Å². The summed E-state index contributed by atoms with van der Waals surface area (Å²) < 4.78 is 11.3. The van der Waals surface area contributed by atoms with E-state index in [-0.39, 0.29) is 0 Å². The van der Waals surface area contributed by atoms with Gasteiger partial charge >= 0.3 is 0 Å². The largest absolute Gasteiger partial charge is 0.390 e. The maximum Gasteiger partial charge on any atom is 0.116 e. The smallest absolute Gasteiger partial charge is 0.116 e. The zero-order valence-corrected chi connectivity index (χ0v) is 5.04. The van der Waals surface area contributed by atoms with E-state index in [1.165, 1.54) is 11.8 Å². The third kappa shape index (κ3) is 4.09. The summed E-state index contributed by atoms with van der Waals surface area (Å²) in [6, 6.07) is 0. The SMILES string of the molecule is CSCC(O)CF. The number of alkyl halides is 1. The van der Waals surface area contributed by atoms with Crippen molar-refractivity contribution in [1.29, 1.82) is 0 Å². The molecule has 0 spiro atoms. The highest BCUT2D eigenvalue weighted by Gasteiger charge is 1.98. The number of rotatable bonds is 3. The third-order valence-electron chi connectivity index (χ3n) is 0.537. The molecular formula is C4H9FOS. The van der Waals surface area contributed by atoms with Crippen LogP contribution in [0, 0.1) is 0 Å². The first-order valence-corrected chi connectivity index (χ1v) is 3.43. The quantitative estimate of drug-likeness (QED) is 0.597. The van der Waals surface area contributed by atoms with Gasteiger partial charge in [-0.25, -0.2) is 4.39 Å². The average Bonchev–Trinajstić information content (AvgIpc) is 1.68. The van der Waals surface area contributed by atoms with Crippen LogP contribution in [0.15, 0.2) is 0 Å². The Morgan fingerprint density at radius 3 is 2.57 bits per heavy atom. The standard InChI is InChI=1S/C4H9FOS/c1-7-3-4(6)2-5/h4,6H,2-3H2,1H3. The van der Waals surface area contributed by atoms with Gasteiger partial charge in [0.1, 0.15) is 6.67 Å². The van der Waals surface area contributed by atoms with Crippen molar-refractivity contribution in [3.8, 4) is 0 Å². The van der Waals surface area contributed by atoms with Crippen molar-refractivity contribution in [1.82, 2.24) is 0 Å². The summed E-state index contributed by atoms with van der Waals surface area (Å²) in [5.74, 6) is 0.497. The Labute approximate surface area is 46.9 Å². The molecule has 1 atom stereocenters. The number of thioether (sulfide) groups is 1. The van der Waals surface area contributed by atoms with Crippen molar-refractivity contribution >= 4 is 11.8 Å². The molecule has 0 aliphatic heterocycles. The molecule has 0 rings (SSSR count). The van der Waals surface area contributed by atoms with E-state index in [9.17, 15) is 4.39 Å². The van der Waals surface area contributed by atoms with Crippen LogP contribution in [0.3, 0.4) is 0 Å². The predicted molar refractivity (Wildman–Crippen MR) is 30.4 cm³/mol. The fraction of sp³-hybridized carbons (Fsp3) is 1.00. The Balaban J connectivity index is 2.83. The second-order valence-electron chi connectivity index (χ2n) is 1.26. The summed E-state index contributed by atoms with van der Waals surface area (Å²) in [4.78, 5) is 0. The van der Waals surface area contributed by atoms with Crippen LogP contribution >= 0.6 is 11.8 Å². The van der Waals surface area contributed by atoms with Gasteiger partial charge in [-0.05, 0) is 6.26 Å². The van der Waals surface area contributed by atoms with Gasteiger partial charge in [0.05, 0.1) is 6.10 Å². The van der Waals surface area contributed by atoms with Crippen LogP contribution in [0.2, 0.25) is 0 Å². The first-order chi connectivity index (χ1) is 3.31. The van der Waals surface area contributed by atoms with Gasteiger partial charge < -0.3 is 5.11 Å². The summed E-state index contributed by atoms with van der Waals surface area (Å²) in [5, 5.41) is 8.46. The minimum atomic E-state index is -0.755. The Kier molecular flexibility index (Phi) is 4.55. The first-order valence-electron chi connectivity index (χ1n) is 2.04. The van der Waals surface area contributed by atoms with Crippen LogP contribution in [0.1, 0.15) is 0 Å². The lowest BCUT2D eigenvalue weighted by molar-refractivity contribution is 0.162. The second kappa shape index (κ2) is 4.40. The molecule has 7 heavy (non-hydrogen) atoms. The van der Waals surface area contributed by atoms with Crippen molar-refractivity contribution < 1.29 is 9.50 Å². The molecule has 0 fully saturated rings. The number of hydrogen-bond donors (Lipinski definition) is 1. The molecule has 0 amide bonds. The minimum Gasteiger partial charge on any atom is -0.390 e. The van der Waals surface area contributed by atoms with Gasteiger partial charge in [0.15, 0.2) is 0 Å². The molecule has 0 aromatic carbocycles. The Morgan fingerprint density at radius 2 is 2.43 bits per heavy atom. The Morgan fingerprint density at radius 1 is 1.86 bits per heavy atom. The Bertz CT molecular complexity index is 42.7. The molecule has 0 aromatic heterocycles. The maximum absolute atomic E-state index is 11.3. The van der Waals surface area contributed by atoms with Crippen LogP contribution < -0.4 is 0 Å². The van der Waals surface area contributed by atoms with E-state index < -0.39 is 12.8 Å². The van der Waals surface area contributed by atoms with Crippen LogP contribution in [0.4, 0.5) is 4.39 Å². The van der Waals surface area contributed by atoms with E-state index in [2.05, 4.69) is 0 Å². The highest BCUT2D eigenvalue weighted by Crippen LogP contribution is 1.95. The molecule has 0 aliphatic carbocycles. The molecule has 3 heteroatoms. The zero-order chi connectivity index (χ0) is 5.70. The van der Waals surface area contributed by atoms with Crippen LogP contribution in [0.25, 0.3) is 0 Å². The maximum atomic E-state index is 11.3. The normalized spacial score (nSPS) is 14.1. The van der Waals surface area contributed by atoms with E-state index in [1.807, 2.05) is 6.26 Å². The third-order valence-corrected chi connectivity index (χ3v) is 1.26. The Hall–Kier alpha value is 0.240. The van der Waals surface area contributed by atoms with E-state index in [0.717, 1.165) is 0 Å². The highest BCUT2D eigenvalue weighted by atomic mass is 32.2. The van der Waals surface area contributed by atoms with Crippen LogP contribution in [0.5, 0.6) is 0 Å². The molecule has 0 aliphatic rings. The molecule has 0 radical (unpaired) electrons. The lowest BCUT2D eigenvalue weighted by Gasteiger charge is -1.99. The fourth-order valence-electron chi connectivity index (χ4n) is 0.237. The number of hydrogen-bond acceptors (Lipinski definition) is 2. The number of halogens is 1. The van der Waals surface area contributed by atoms with Crippen molar-refractivity contribution in [3.63, 3.8) is 0 Å². The molecule has 1 N–H and O–H groups in total. The first kappa shape index (κ1) is 7.24. The molecule has 1 nitrogen and oxygen atoms in total. The molecule has 0 aromatic rings. The van der Waals surface area contributed by atoms with Gasteiger partial charge in [-0.3, -0.25) is 0 Å². The fourth-order valence-corrected chi connectivity index (χ4v) is 0.711. The van der Waals surface area contributed by atoms with E-state index >= 15 is 0 Å². The van der Waals surface area contributed by atoms with E-state index in [0.29, 0.717) is 5.75 Å². The highest BCUT2D eigenvalue weighted by molar-refractivity contribution is 7.98. The molecule has 44 valence electrons. The lowest BCUT2D eigenvalue weighted by Crippen LogP contribution is -2.11. The number of aliphatic hydroxyl groups is 1. The van der Waals surface area contributed by atoms with Gasteiger partial charge in [-0.15, -0.1) is 0 Å². The average molecular weight is 124 g/mol. The molecule has 0 bridgehead atoms. The summed E-state index contributed by atoms with van der Waals surface area (Å²) in [6.45, 7) is -0.624. The van der Waals surface area contributed by atoms with Crippen molar-refractivity contribution in [2.24, 2.45) is 0 Å². The minimum absolute atomic E-state index is 0.497. The molecular weight excluding hydrogens is 115 g/mol. The summed E-state index contributed by atoms with van der Waals surface area (Å²) in [6.07, 6.45) is 1.08. The zero-order valence-electron chi connectivity index (χ0n) is 4.22. The summed E-state index contributed by atoms with van der Waals surface area (Å²) >= 11 is 1.44. The predicted octanol–water partition coefficient (Wildman–Crippen LogP) is 0.680. The lowest BCUT2D eigenvalue weighted by atomic mass is 10.5. The van der Waals surface area contributed by atoms with Crippen molar-refractivity contribution in [3.05, 3.63) is 0 Å². The summed E-state index contributed by atoms with van der Waals surface area (Å²) in [5.41, 5.74) is 0. The van der Waals surface area contributed by atoms with Gasteiger partial charge in [-0.1, -0.05) is 0 Å². The molecule has 0 saturated heterocycles. The van der Waals surface area contributed by atoms with Gasteiger partial charge in [0, 0.05) is 5.75 Å². The van der Waals surface area contributed by atoms with Crippen molar-refractivity contribution in [2.45, 2.75) is 6.10 Å². The van der Waals surface area contributed by atoms with Crippen LogP contribution in [-0.4, -0.2) is 29.9 Å². The second-order valence-corrected chi connectivity index (χ2v) is 2.17. The van der Waals surface area contributed by atoms with E-state index in [4.69, 9.17) is 5.11 Å². The molecule has 0 heterocycles. The van der Waals surface area contributed by atoms with Crippen LogP contribution in [-0.2, 0) is 0 Å². The molecule has 0 saturated carbocycles. The monoisotopic (exact) mass is 124 g/mol. The summed E-state index contributed by atoms with van der Waals surface area (Å²) in [7, 11) is 0. The van der Waals surface area contributed by atoms with Gasteiger partial charge in [-0.2, -0.15) is 11.8 Å². The topological polar surface area (TPSA) is 20.2 Å². The van der Waals surface area contributed by atoms with Gasteiger partial charge in [0.2, 0.25) is 0 Å². The number of aliphatic hydroxyl groups excluding tert-OH is 1. The van der Waals surface area contributed by atoms with E-state index in [1.54, 1.807) is 0 Å². The molecule has 1 unspecified atom stereocenters. The van der Waals surface area contributed by atoms with Crippen molar-refractivity contribution in [2.75, 3.05) is 18.7 Å².